The van der Waals surface area contributed by atoms with Gasteiger partial charge in [-0.15, -0.1) is 0 Å². The lowest BCUT2D eigenvalue weighted by atomic mass is 9.73. The van der Waals surface area contributed by atoms with Gasteiger partial charge in [0.15, 0.2) is 0 Å². The second kappa shape index (κ2) is 7.47. The average Bonchev–Trinajstić information content (AvgIpc) is 2.41. The quantitative estimate of drug-likeness (QED) is 0.504. The van der Waals surface area contributed by atoms with Crippen LogP contribution in [0.2, 0.25) is 0 Å². The molecule has 1 aromatic carbocycles. The van der Waals surface area contributed by atoms with Crippen LogP contribution in [0.3, 0.4) is 0 Å². The lowest BCUT2D eigenvalue weighted by molar-refractivity contribution is -0.144. The molecule has 0 radical (unpaired) electrons. The minimum Gasteiger partial charge on any atom is -0.299 e. The SMILES string of the molecule is CC(C)(C)CC(Cc1ccc(C(F)(F)F)cc1C(F)(F)F)C(=O)C(C)(C)C. The number of hydrogen-bond acceptors (Lipinski definition) is 1. The van der Waals surface area contributed by atoms with Gasteiger partial charge in [-0.05, 0) is 36.0 Å². The van der Waals surface area contributed by atoms with Gasteiger partial charge in [-0.25, -0.2) is 0 Å². The summed E-state index contributed by atoms with van der Waals surface area (Å²) in [5.41, 5.74) is -4.07. The molecule has 0 spiro atoms. The summed E-state index contributed by atoms with van der Waals surface area (Å²) in [6.07, 6.45) is -9.72. The van der Waals surface area contributed by atoms with Crippen LogP contribution in [0, 0.1) is 16.7 Å². The number of rotatable bonds is 4. The predicted octanol–water partition coefficient (Wildman–Crippen LogP) is 6.93. The Labute approximate surface area is 156 Å². The molecule has 0 amide bonds. The van der Waals surface area contributed by atoms with E-state index in [1.165, 1.54) is 0 Å². The second-order valence-corrected chi connectivity index (χ2v) is 9.15. The predicted molar refractivity (Wildman–Crippen MR) is 92.2 cm³/mol. The summed E-state index contributed by atoms with van der Waals surface area (Å²) in [6.45, 7) is 10.7. The van der Waals surface area contributed by atoms with Gasteiger partial charge in [0.05, 0.1) is 11.1 Å². The fourth-order valence-electron chi connectivity index (χ4n) is 3.07. The number of alkyl halides is 6. The summed E-state index contributed by atoms with van der Waals surface area (Å²) < 4.78 is 78.7. The maximum Gasteiger partial charge on any atom is 0.416 e. The van der Waals surface area contributed by atoms with Gasteiger partial charge >= 0.3 is 12.4 Å². The van der Waals surface area contributed by atoms with Gasteiger partial charge in [0.25, 0.3) is 0 Å². The molecule has 0 fully saturated rings. The molecule has 0 aliphatic carbocycles. The highest BCUT2D eigenvalue weighted by molar-refractivity contribution is 5.86. The van der Waals surface area contributed by atoms with Gasteiger partial charge in [0.2, 0.25) is 0 Å². The van der Waals surface area contributed by atoms with E-state index in [1.807, 2.05) is 20.8 Å². The van der Waals surface area contributed by atoms with E-state index >= 15 is 0 Å². The number of benzene rings is 1. The van der Waals surface area contributed by atoms with Crippen LogP contribution in [-0.2, 0) is 23.6 Å². The number of ketones is 1. The number of carbonyl (C=O) groups is 1. The zero-order valence-electron chi connectivity index (χ0n) is 16.4. The Hall–Kier alpha value is -1.53. The maximum atomic E-state index is 13.4. The summed E-state index contributed by atoms with van der Waals surface area (Å²) in [4.78, 5) is 12.8. The average molecular weight is 396 g/mol. The van der Waals surface area contributed by atoms with Crippen LogP contribution in [0.15, 0.2) is 18.2 Å². The molecule has 0 N–H and O–H groups in total. The van der Waals surface area contributed by atoms with Crippen molar-refractivity contribution in [1.82, 2.24) is 0 Å². The molecule has 0 saturated heterocycles. The summed E-state index contributed by atoms with van der Waals surface area (Å²) in [5.74, 6) is -0.923. The second-order valence-electron chi connectivity index (χ2n) is 9.15. The third kappa shape index (κ3) is 6.85. The molecular weight excluding hydrogens is 370 g/mol. The van der Waals surface area contributed by atoms with E-state index in [4.69, 9.17) is 0 Å². The van der Waals surface area contributed by atoms with Gasteiger partial charge in [-0.3, -0.25) is 4.79 Å². The Bertz CT molecular complexity index is 672. The topological polar surface area (TPSA) is 17.1 Å². The fraction of sp³-hybridized carbons (Fsp3) is 0.650. The Morgan fingerprint density at radius 1 is 0.889 bits per heavy atom. The van der Waals surface area contributed by atoms with E-state index in [9.17, 15) is 31.1 Å². The van der Waals surface area contributed by atoms with Crippen molar-refractivity contribution < 1.29 is 31.1 Å². The van der Waals surface area contributed by atoms with Gasteiger partial charge in [-0.2, -0.15) is 26.3 Å². The van der Waals surface area contributed by atoms with E-state index in [0.29, 0.717) is 12.5 Å². The van der Waals surface area contributed by atoms with Crippen molar-refractivity contribution in [2.24, 2.45) is 16.7 Å². The van der Waals surface area contributed by atoms with E-state index in [0.717, 1.165) is 6.07 Å². The molecule has 0 heterocycles. The van der Waals surface area contributed by atoms with Crippen LogP contribution >= 0.6 is 0 Å². The molecule has 0 bridgehead atoms. The van der Waals surface area contributed by atoms with Crippen LogP contribution in [0.1, 0.15) is 64.7 Å². The molecule has 0 saturated carbocycles. The number of halogens is 6. The minimum absolute atomic E-state index is 0.130. The van der Waals surface area contributed by atoms with Crippen LogP contribution in [-0.4, -0.2) is 5.78 Å². The van der Waals surface area contributed by atoms with E-state index in [2.05, 4.69) is 0 Å². The molecule has 1 nitrogen and oxygen atoms in total. The molecule has 1 rings (SSSR count). The van der Waals surface area contributed by atoms with Crippen molar-refractivity contribution in [2.75, 3.05) is 0 Å². The highest BCUT2D eigenvalue weighted by Crippen LogP contribution is 2.40. The highest BCUT2D eigenvalue weighted by atomic mass is 19.4. The van der Waals surface area contributed by atoms with Crippen molar-refractivity contribution in [3.63, 3.8) is 0 Å². The molecule has 154 valence electrons. The molecule has 1 aromatic rings. The fourth-order valence-corrected chi connectivity index (χ4v) is 3.07. The molecule has 0 aliphatic rings. The lowest BCUT2D eigenvalue weighted by Crippen LogP contribution is -2.33. The zero-order chi connectivity index (χ0) is 21.4. The van der Waals surface area contributed by atoms with Gasteiger partial charge in [-0.1, -0.05) is 47.6 Å². The van der Waals surface area contributed by atoms with Crippen LogP contribution in [0.25, 0.3) is 0 Å². The molecule has 27 heavy (non-hydrogen) atoms. The Morgan fingerprint density at radius 3 is 1.78 bits per heavy atom. The van der Waals surface area contributed by atoms with Gasteiger partial charge in [0, 0.05) is 11.3 Å². The normalized spacial score (nSPS) is 15.0. The smallest absolute Gasteiger partial charge is 0.299 e. The van der Waals surface area contributed by atoms with Crippen molar-refractivity contribution >= 4 is 5.78 Å². The van der Waals surface area contributed by atoms with Crippen molar-refractivity contribution in [3.05, 3.63) is 34.9 Å². The monoisotopic (exact) mass is 396 g/mol. The first-order valence-corrected chi connectivity index (χ1v) is 8.64. The largest absolute Gasteiger partial charge is 0.416 e. The Morgan fingerprint density at radius 2 is 1.41 bits per heavy atom. The first-order chi connectivity index (χ1) is 11.8. The third-order valence-electron chi connectivity index (χ3n) is 4.18. The van der Waals surface area contributed by atoms with Crippen molar-refractivity contribution in [1.29, 1.82) is 0 Å². The van der Waals surface area contributed by atoms with E-state index in [1.54, 1.807) is 20.8 Å². The third-order valence-corrected chi connectivity index (χ3v) is 4.18. The summed E-state index contributed by atoms with van der Waals surface area (Å²) in [5, 5.41) is 0. The van der Waals surface area contributed by atoms with Crippen LogP contribution in [0.5, 0.6) is 0 Å². The Kier molecular flexibility index (Phi) is 6.51. The summed E-state index contributed by atoms with van der Waals surface area (Å²) in [7, 11) is 0. The number of carbonyl (C=O) groups excluding carboxylic acids is 1. The van der Waals surface area contributed by atoms with Crippen molar-refractivity contribution in [2.45, 2.75) is 66.7 Å². The molecular formula is C20H26F6O. The molecule has 0 aliphatic heterocycles. The minimum atomic E-state index is -4.94. The molecule has 0 aromatic heterocycles. The van der Waals surface area contributed by atoms with E-state index in [-0.39, 0.29) is 29.2 Å². The molecule has 7 heteroatoms. The first kappa shape index (κ1) is 23.5. The highest BCUT2D eigenvalue weighted by Gasteiger charge is 2.40. The number of Topliss-reactive ketones (excluding diaryl/α,β-unsaturated/α-hetero) is 1. The lowest BCUT2D eigenvalue weighted by Gasteiger charge is -2.30. The maximum absolute atomic E-state index is 13.4. The first-order valence-electron chi connectivity index (χ1n) is 8.64. The van der Waals surface area contributed by atoms with Crippen molar-refractivity contribution in [3.8, 4) is 0 Å². The summed E-state index contributed by atoms with van der Waals surface area (Å²) in [6, 6.07) is 1.61. The number of hydrogen-bond donors (Lipinski definition) is 0. The molecule has 1 atom stereocenters. The van der Waals surface area contributed by atoms with Gasteiger partial charge < -0.3 is 0 Å². The van der Waals surface area contributed by atoms with E-state index < -0.39 is 34.8 Å². The Balaban J connectivity index is 3.42. The summed E-state index contributed by atoms with van der Waals surface area (Å²) >= 11 is 0. The molecule has 1 unspecified atom stereocenters. The van der Waals surface area contributed by atoms with Crippen LogP contribution < -0.4 is 0 Å². The standard InChI is InChI=1S/C20H26F6O/c1-17(2,3)11-13(16(27)18(4,5)6)9-12-7-8-14(19(21,22)23)10-15(12)20(24,25)26/h7-8,10,13H,9,11H2,1-6H3. The zero-order valence-corrected chi connectivity index (χ0v) is 16.4. The van der Waals surface area contributed by atoms with Crippen LogP contribution in [0.4, 0.5) is 26.3 Å². The van der Waals surface area contributed by atoms with Gasteiger partial charge in [0.1, 0.15) is 5.78 Å².